The molecule has 31 heavy (non-hydrogen) atoms. The quantitative estimate of drug-likeness (QED) is 0.527. The van der Waals surface area contributed by atoms with Crippen molar-refractivity contribution in [2.45, 2.75) is 77.8 Å². The van der Waals surface area contributed by atoms with Crippen LogP contribution in [-0.2, 0) is 11.3 Å². The van der Waals surface area contributed by atoms with Crippen LogP contribution >= 0.6 is 0 Å². The molecule has 3 rings (SSSR count). The topological polar surface area (TPSA) is 78.4 Å². The molecule has 0 radical (unpaired) electrons. The van der Waals surface area contributed by atoms with E-state index in [-0.39, 0.29) is 12.3 Å². The van der Waals surface area contributed by atoms with Gasteiger partial charge in [-0.05, 0) is 48.4 Å². The minimum Gasteiger partial charge on any atom is -0.481 e. The van der Waals surface area contributed by atoms with Gasteiger partial charge in [0.2, 0.25) is 0 Å². The zero-order chi connectivity index (χ0) is 22.2. The minimum absolute atomic E-state index is 0.0479. The molecular formula is C25H36N4O2. The summed E-state index contributed by atoms with van der Waals surface area (Å²) in [5, 5.41) is 12.8. The molecule has 6 nitrogen and oxygen atoms in total. The number of carboxylic acids is 1. The lowest BCUT2D eigenvalue weighted by Crippen LogP contribution is -2.39. The maximum atomic E-state index is 11.2. The lowest BCUT2D eigenvalue weighted by atomic mass is 9.92. The molecule has 1 aromatic carbocycles. The van der Waals surface area contributed by atoms with Crippen LogP contribution in [-0.4, -0.2) is 33.6 Å². The summed E-state index contributed by atoms with van der Waals surface area (Å²) in [4.78, 5) is 22.5. The zero-order valence-electron chi connectivity index (χ0n) is 19.1. The van der Waals surface area contributed by atoms with Crippen LogP contribution in [0.2, 0.25) is 0 Å². The highest BCUT2D eigenvalue weighted by Crippen LogP contribution is 2.36. The predicted octanol–water partition coefficient (Wildman–Crippen LogP) is 5.46. The molecule has 0 amide bonds. The average molecular weight is 425 g/mol. The Labute approximate surface area is 186 Å². The lowest BCUT2D eigenvalue weighted by Gasteiger charge is -2.38. The second kappa shape index (κ2) is 11.1. The van der Waals surface area contributed by atoms with Gasteiger partial charge in [0.1, 0.15) is 5.82 Å². The highest BCUT2D eigenvalue weighted by molar-refractivity contribution is 5.73. The number of carbonyl (C=O) groups is 1. The Bertz CT molecular complexity index is 835. The fourth-order valence-corrected chi connectivity index (χ4v) is 4.46. The third kappa shape index (κ3) is 6.68. The second-order valence-corrected chi connectivity index (χ2v) is 9.13. The van der Waals surface area contributed by atoms with Crippen molar-refractivity contribution in [3.05, 3.63) is 48.0 Å². The zero-order valence-corrected chi connectivity index (χ0v) is 19.1. The van der Waals surface area contributed by atoms with E-state index in [1.54, 1.807) is 12.4 Å². The van der Waals surface area contributed by atoms with Gasteiger partial charge < -0.3 is 15.3 Å². The SMILES string of the molecule is CC(C)CN(c1ccc(C(C)CC(=O)O)cc1NCc1ncccn1)C1CCCCC1. The minimum atomic E-state index is -0.771. The number of hydrogen-bond acceptors (Lipinski definition) is 5. The molecule has 1 heterocycles. The third-order valence-corrected chi connectivity index (χ3v) is 6.01. The Kier molecular flexibility index (Phi) is 8.27. The van der Waals surface area contributed by atoms with Crippen LogP contribution < -0.4 is 10.2 Å². The maximum absolute atomic E-state index is 11.2. The van der Waals surface area contributed by atoms with E-state index in [0.717, 1.165) is 23.6 Å². The molecule has 0 aliphatic heterocycles. The van der Waals surface area contributed by atoms with Crippen molar-refractivity contribution in [3.63, 3.8) is 0 Å². The molecule has 0 spiro atoms. The summed E-state index contributed by atoms with van der Waals surface area (Å²) < 4.78 is 0. The Morgan fingerprint density at radius 1 is 1.16 bits per heavy atom. The van der Waals surface area contributed by atoms with E-state index in [9.17, 15) is 9.90 Å². The van der Waals surface area contributed by atoms with Crippen LogP contribution in [0.1, 0.15) is 76.6 Å². The first-order chi connectivity index (χ1) is 14.9. The molecule has 1 aromatic heterocycles. The van der Waals surface area contributed by atoms with Gasteiger partial charge in [-0.15, -0.1) is 0 Å². The van der Waals surface area contributed by atoms with Crippen LogP contribution in [0.5, 0.6) is 0 Å². The van der Waals surface area contributed by atoms with Crippen molar-refractivity contribution >= 4 is 17.3 Å². The monoisotopic (exact) mass is 424 g/mol. The number of hydrogen-bond donors (Lipinski definition) is 2. The number of benzene rings is 1. The molecule has 2 N–H and O–H groups in total. The van der Waals surface area contributed by atoms with Crippen molar-refractivity contribution in [1.82, 2.24) is 9.97 Å². The van der Waals surface area contributed by atoms with Gasteiger partial charge >= 0.3 is 5.97 Å². The molecular weight excluding hydrogens is 388 g/mol. The summed E-state index contributed by atoms with van der Waals surface area (Å²) in [7, 11) is 0. The van der Waals surface area contributed by atoms with Crippen LogP contribution in [0.3, 0.4) is 0 Å². The largest absolute Gasteiger partial charge is 0.481 e. The van der Waals surface area contributed by atoms with E-state index in [1.807, 2.05) is 13.0 Å². The molecule has 168 valence electrons. The highest BCUT2D eigenvalue weighted by atomic mass is 16.4. The first kappa shape index (κ1) is 23.0. The maximum Gasteiger partial charge on any atom is 0.303 e. The highest BCUT2D eigenvalue weighted by Gasteiger charge is 2.25. The first-order valence-electron chi connectivity index (χ1n) is 11.6. The second-order valence-electron chi connectivity index (χ2n) is 9.13. The molecule has 1 atom stereocenters. The van der Waals surface area contributed by atoms with Gasteiger partial charge in [-0.1, -0.05) is 46.1 Å². The van der Waals surface area contributed by atoms with E-state index < -0.39 is 5.97 Å². The first-order valence-corrected chi connectivity index (χ1v) is 11.6. The van der Waals surface area contributed by atoms with Crippen molar-refractivity contribution in [2.75, 3.05) is 16.8 Å². The van der Waals surface area contributed by atoms with Gasteiger partial charge in [0.25, 0.3) is 0 Å². The summed E-state index contributed by atoms with van der Waals surface area (Å²) in [6.07, 6.45) is 9.98. The molecule has 2 aromatic rings. The van der Waals surface area contributed by atoms with Gasteiger partial charge in [-0.3, -0.25) is 4.79 Å². The van der Waals surface area contributed by atoms with E-state index in [1.165, 1.54) is 37.8 Å². The van der Waals surface area contributed by atoms with Gasteiger partial charge in [-0.2, -0.15) is 0 Å². The normalized spacial score (nSPS) is 15.6. The third-order valence-electron chi connectivity index (χ3n) is 6.01. The fourth-order valence-electron chi connectivity index (χ4n) is 4.46. The van der Waals surface area contributed by atoms with Crippen LogP contribution in [0, 0.1) is 5.92 Å². The smallest absolute Gasteiger partial charge is 0.303 e. The van der Waals surface area contributed by atoms with Crippen LogP contribution in [0.25, 0.3) is 0 Å². The molecule has 6 heteroatoms. The van der Waals surface area contributed by atoms with Crippen LogP contribution in [0.15, 0.2) is 36.7 Å². The summed E-state index contributed by atoms with van der Waals surface area (Å²) in [5.74, 6) is 0.476. The lowest BCUT2D eigenvalue weighted by molar-refractivity contribution is -0.137. The Hall–Kier alpha value is -2.63. The molecule has 1 fully saturated rings. The Morgan fingerprint density at radius 3 is 2.52 bits per heavy atom. The average Bonchev–Trinajstić information content (AvgIpc) is 2.77. The van der Waals surface area contributed by atoms with E-state index in [2.05, 4.69) is 52.2 Å². The predicted molar refractivity (Wildman–Crippen MR) is 126 cm³/mol. The van der Waals surface area contributed by atoms with Crippen molar-refractivity contribution in [2.24, 2.45) is 5.92 Å². The molecule has 1 saturated carbocycles. The summed E-state index contributed by atoms with van der Waals surface area (Å²) >= 11 is 0. The molecule has 0 saturated heterocycles. The number of anilines is 2. The van der Waals surface area contributed by atoms with Crippen molar-refractivity contribution < 1.29 is 9.90 Å². The summed E-state index contributed by atoms with van der Waals surface area (Å²) in [6, 6.07) is 8.77. The number of rotatable bonds is 10. The fraction of sp³-hybridized carbons (Fsp3) is 0.560. The van der Waals surface area contributed by atoms with E-state index in [4.69, 9.17) is 0 Å². The van der Waals surface area contributed by atoms with Crippen molar-refractivity contribution in [1.29, 1.82) is 0 Å². The van der Waals surface area contributed by atoms with Crippen molar-refractivity contribution in [3.8, 4) is 0 Å². The Morgan fingerprint density at radius 2 is 1.87 bits per heavy atom. The van der Waals surface area contributed by atoms with Gasteiger partial charge in [0.15, 0.2) is 0 Å². The van der Waals surface area contributed by atoms with Gasteiger partial charge in [0, 0.05) is 25.0 Å². The molecule has 1 aliphatic rings. The molecule has 1 unspecified atom stereocenters. The Balaban J connectivity index is 1.93. The van der Waals surface area contributed by atoms with E-state index in [0.29, 0.717) is 18.5 Å². The number of nitrogens with zero attached hydrogens (tertiary/aromatic N) is 3. The summed E-state index contributed by atoms with van der Waals surface area (Å²) in [5.41, 5.74) is 3.27. The van der Waals surface area contributed by atoms with Gasteiger partial charge in [-0.25, -0.2) is 9.97 Å². The molecule has 1 aliphatic carbocycles. The van der Waals surface area contributed by atoms with E-state index >= 15 is 0 Å². The van der Waals surface area contributed by atoms with Gasteiger partial charge in [0.05, 0.1) is 24.3 Å². The number of aromatic nitrogens is 2. The van der Waals surface area contributed by atoms with Crippen LogP contribution in [0.4, 0.5) is 11.4 Å². The standard InChI is InChI=1S/C25H36N4O2/c1-18(2)17-29(21-8-5-4-6-9-21)23-11-10-20(19(3)14-25(30)31)15-22(23)28-16-24-26-12-7-13-27-24/h7,10-13,15,18-19,21,28H,4-6,8-9,14,16-17H2,1-3H3,(H,30,31). The molecule has 0 bridgehead atoms. The summed E-state index contributed by atoms with van der Waals surface area (Å²) in [6.45, 7) is 8.05. The number of carboxylic acid groups (broad SMARTS) is 1. The number of aliphatic carboxylic acids is 1. The number of nitrogens with one attached hydrogen (secondary N) is 1.